The van der Waals surface area contributed by atoms with Crippen LogP contribution in [0.15, 0.2) is 18.0 Å². The number of carbonyl (C=O) groups is 3. The van der Waals surface area contributed by atoms with Crippen LogP contribution < -0.4 is 26.6 Å². The minimum absolute atomic E-state index is 0.0647. The van der Waals surface area contributed by atoms with Crippen LogP contribution in [0.2, 0.25) is 0 Å². The molecular weight excluding hydrogens is 486 g/mol. The maximum atomic E-state index is 12.7. The summed E-state index contributed by atoms with van der Waals surface area (Å²) >= 11 is 0. The molecule has 0 radical (unpaired) electrons. The van der Waals surface area contributed by atoms with Gasteiger partial charge in [0.25, 0.3) is 5.91 Å². The molecule has 1 unspecified atom stereocenters. The van der Waals surface area contributed by atoms with Gasteiger partial charge in [-0.2, -0.15) is 9.61 Å². The Bertz CT molecular complexity index is 1270. The first-order valence-electron chi connectivity index (χ1n) is 13.7. The molecule has 2 saturated carbocycles. The highest BCUT2D eigenvalue weighted by atomic mass is 16.2. The van der Waals surface area contributed by atoms with Crippen molar-refractivity contribution in [1.29, 1.82) is 0 Å². The number of anilines is 2. The molecule has 2 aliphatic heterocycles. The van der Waals surface area contributed by atoms with Crippen LogP contribution in [-0.4, -0.2) is 74.6 Å². The van der Waals surface area contributed by atoms with Crippen molar-refractivity contribution >= 4 is 41.2 Å². The van der Waals surface area contributed by atoms with Crippen molar-refractivity contribution in [3.8, 4) is 0 Å². The van der Waals surface area contributed by atoms with Gasteiger partial charge in [-0.3, -0.25) is 19.8 Å². The molecule has 2 aromatic rings. The van der Waals surface area contributed by atoms with Gasteiger partial charge < -0.3 is 21.3 Å². The quantitative estimate of drug-likeness (QED) is 0.261. The third-order valence-electron chi connectivity index (χ3n) is 7.94. The fourth-order valence-electron chi connectivity index (χ4n) is 5.54. The van der Waals surface area contributed by atoms with Gasteiger partial charge in [-0.1, -0.05) is 0 Å². The average molecular weight is 522 g/mol. The van der Waals surface area contributed by atoms with E-state index in [9.17, 15) is 14.4 Å². The van der Waals surface area contributed by atoms with Crippen molar-refractivity contribution in [3.63, 3.8) is 0 Å². The Morgan fingerprint density at radius 1 is 1.03 bits per heavy atom. The molecule has 2 saturated heterocycles. The van der Waals surface area contributed by atoms with Gasteiger partial charge in [-0.05, 0) is 77.5 Å². The standard InChI is InChI=1S/C26H35N9O3/c1-15(34-10-2-3-11-34)24(36)30-19-8-4-17(5-9-19)28-21-13-22(29-18-6-7-18)35-23(32-21)16(14-27-35)12-20-25(37)33-26(38)31-20/h12-15,17-19,29H,2-11H2,1H3,(H,28,32)(H,30,36)(H2,31,33,37,38)/b20-12-/t15?,17-,19-. The number of likely N-dealkylation sites (tertiary alicyclic amines) is 1. The lowest BCUT2D eigenvalue weighted by atomic mass is 9.91. The monoisotopic (exact) mass is 521 g/mol. The fourth-order valence-corrected chi connectivity index (χ4v) is 5.54. The molecule has 5 N–H and O–H groups in total. The van der Waals surface area contributed by atoms with Crippen LogP contribution in [0, 0.1) is 0 Å². The smallest absolute Gasteiger partial charge is 0.326 e. The van der Waals surface area contributed by atoms with Crippen molar-refractivity contribution in [3.05, 3.63) is 23.5 Å². The molecule has 12 heteroatoms. The molecule has 4 aliphatic rings. The number of nitrogens with one attached hydrogen (secondary N) is 5. The van der Waals surface area contributed by atoms with E-state index in [4.69, 9.17) is 4.98 Å². The molecule has 0 bridgehead atoms. The predicted molar refractivity (Wildman–Crippen MR) is 142 cm³/mol. The summed E-state index contributed by atoms with van der Waals surface area (Å²) in [6, 6.07) is 2.24. The van der Waals surface area contributed by atoms with Crippen LogP contribution in [0.5, 0.6) is 0 Å². The van der Waals surface area contributed by atoms with Gasteiger partial charge in [-0.25, -0.2) is 9.78 Å². The van der Waals surface area contributed by atoms with E-state index in [2.05, 4.69) is 36.6 Å². The molecular formula is C26H35N9O3. The Labute approximate surface area is 221 Å². The third-order valence-corrected chi connectivity index (χ3v) is 7.94. The zero-order chi connectivity index (χ0) is 26.2. The number of fused-ring (bicyclic) bond motifs is 1. The Morgan fingerprint density at radius 2 is 1.71 bits per heavy atom. The molecule has 0 spiro atoms. The summed E-state index contributed by atoms with van der Waals surface area (Å²) in [6.07, 6.45) is 11.5. The molecule has 38 heavy (non-hydrogen) atoms. The van der Waals surface area contributed by atoms with Gasteiger partial charge in [0.15, 0.2) is 5.65 Å². The van der Waals surface area contributed by atoms with Crippen molar-refractivity contribution < 1.29 is 14.4 Å². The van der Waals surface area contributed by atoms with Gasteiger partial charge in [-0.15, -0.1) is 0 Å². The first-order chi connectivity index (χ1) is 18.4. The Kier molecular flexibility index (Phi) is 6.64. The summed E-state index contributed by atoms with van der Waals surface area (Å²) < 4.78 is 1.73. The first-order valence-corrected chi connectivity index (χ1v) is 13.7. The highest BCUT2D eigenvalue weighted by molar-refractivity contribution is 6.14. The number of aromatic nitrogens is 3. The molecule has 6 rings (SSSR count). The van der Waals surface area contributed by atoms with E-state index >= 15 is 0 Å². The van der Waals surface area contributed by atoms with E-state index in [1.807, 2.05) is 13.0 Å². The summed E-state index contributed by atoms with van der Waals surface area (Å²) in [5.74, 6) is 1.23. The summed E-state index contributed by atoms with van der Waals surface area (Å²) in [5.41, 5.74) is 1.40. The van der Waals surface area contributed by atoms with E-state index in [1.165, 1.54) is 12.8 Å². The van der Waals surface area contributed by atoms with Crippen LogP contribution in [0.25, 0.3) is 11.7 Å². The highest BCUT2D eigenvalue weighted by Crippen LogP contribution is 2.29. The zero-order valence-electron chi connectivity index (χ0n) is 21.6. The number of rotatable bonds is 8. The number of imide groups is 1. The van der Waals surface area contributed by atoms with Crippen molar-refractivity contribution in [1.82, 2.24) is 35.4 Å². The summed E-state index contributed by atoms with van der Waals surface area (Å²) in [7, 11) is 0. The summed E-state index contributed by atoms with van der Waals surface area (Å²) in [6.45, 7) is 4.03. The van der Waals surface area contributed by atoms with Crippen LogP contribution in [0.1, 0.15) is 63.9 Å². The number of nitrogens with zero attached hydrogens (tertiary/aromatic N) is 4. The molecule has 2 aliphatic carbocycles. The average Bonchev–Trinajstić information content (AvgIpc) is 3.25. The molecule has 4 heterocycles. The summed E-state index contributed by atoms with van der Waals surface area (Å²) in [4.78, 5) is 43.4. The Balaban J connectivity index is 1.13. The van der Waals surface area contributed by atoms with Crippen LogP contribution in [0.3, 0.4) is 0 Å². The molecule has 1 atom stereocenters. The van der Waals surface area contributed by atoms with Gasteiger partial charge in [0, 0.05) is 29.8 Å². The zero-order valence-corrected chi connectivity index (χ0v) is 21.6. The summed E-state index contributed by atoms with van der Waals surface area (Å²) in [5, 5.41) is 19.6. The molecule has 2 aromatic heterocycles. The lowest BCUT2D eigenvalue weighted by Gasteiger charge is -2.32. The third kappa shape index (κ3) is 5.31. The van der Waals surface area contributed by atoms with Crippen LogP contribution in [0.4, 0.5) is 16.4 Å². The SMILES string of the molecule is CC(C(=O)N[C@H]1CC[C@H](Nc2cc(NC3CC3)n3ncc(/C=C4\NC(=O)NC4=O)c3n2)CC1)N1CCCC1. The maximum absolute atomic E-state index is 12.7. The van der Waals surface area contributed by atoms with Gasteiger partial charge in [0.05, 0.1) is 12.2 Å². The second-order valence-electron chi connectivity index (χ2n) is 10.9. The van der Waals surface area contributed by atoms with E-state index in [-0.39, 0.29) is 29.7 Å². The number of hydrogen-bond acceptors (Lipinski definition) is 8. The number of urea groups is 1. The Hall–Kier alpha value is -3.67. The maximum Gasteiger partial charge on any atom is 0.326 e. The minimum atomic E-state index is -0.540. The van der Waals surface area contributed by atoms with E-state index in [0.29, 0.717) is 17.3 Å². The van der Waals surface area contributed by atoms with Crippen molar-refractivity contribution in [2.45, 2.75) is 82.5 Å². The van der Waals surface area contributed by atoms with E-state index < -0.39 is 11.9 Å². The fraction of sp³-hybridized carbons (Fsp3) is 0.577. The second-order valence-corrected chi connectivity index (χ2v) is 10.9. The van der Waals surface area contributed by atoms with Crippen molar-refractivity contribution in [2.75, 3.05) is 23.7 Å². The highest BCUT2D eigenvalue weighted by Gasteiger charge is 2.29. The molecule has 4 amide bonds. The van der Waals surface area contributed by atoms with Crippen molar-refractivity contribution in [2.24, 2.45) is 0 Å². The lowest BCUT2D eigenvalue weighted by Crippen LogP contribution is -2.48. The number of amides is 4. The Morgan fingerprint density at radius 3 is 2.39 bits per heavy atom. The lowest BCUT2D eigenvalue weighted by molar-refractivity contribution is -0.126. The first kappa shape index (κ1) is 24.7. The van der Waals surface area contributed by atoms with Gasteiger partial charge >= 0.3 is 6.03 Å². The van der Waals surface area contributed by atoms with Gasteiger partial charge in [0.2, 0.25) is 5.91 Å². The predicted octanol–water partition coefficient (Wildman–Crippen LogP) is 1.81. The normalized spacial score (nSPS) is 25.9. The minimum Gasteiger partial charge on any atom is -0.367 e. The van der Waals surface area contributed by atoms with E-state index in [0.717, 1.165) is 63.3 Å². The molecule has 12 nitrogen and oxygen atoms in total. The molecule has 4 fully saturated rings. The molecule has 0 aromatic carbocycles. The van der Waals surface area contributed by atoms with Crippen LogP contribution in [-0.2, 0) is 9.59 Å². The largest absolute Gasteiger partial charge is 0.367 e. The van der Waals surface area contributed by atoms with E-state index in [1.54, 1.807) is 16.8 Å². The number of carbonyl (C=O) groups excluding carboxylic acids is 3. The number of hydrogen-bond donors (Lipinski definition) is 5. The topological polar surface area (TPSA) is 145 Å². The van der Waals surface area contributed by atoms with Gasteiger partial charge in [0.1, 0.15) is 17.3 Å². The van der Waals surface area contributed by atoms with Crippen LogP contribution >= 0.6 is 0 Å². The second kappa shape index (κ2) is 10.2. The molecule has 202 valence electrons.